The quantitative estimate of drug-likeness (QED) is 0.671. The minimum absolute atomic E-state index is 0.319. The van der Waals surface area contributed by atoms with Gasteiger partial charge in [-0.2, -0.15) is 0 Å². The van der Waals surface area contributed by atoms with Crippen LogP contribution in [0.4, 0.5) is 0 Å². The van der Waals surface area contributed by atoms with E-state index in [-0.39, 0.29) is 5.91 Å². The van der Waals surface area contributed by atoms with Crippen LogP contribution in [-0.4, -0.2) is 17.9 Å². The maximum absolute atomic E-state index is 11.6. The van der Waals surface area contributed by atoms with E-state index in [0.29, 0.717) is 12.0 Å². The third kappa shape index (κ3) is 5.32. The molecule has 0 saturated heterocycles. The average molecular weight is 212 g/mol. The molecule has 15 heavy (non-hydrogen) atoms. The Kier molecular flexibility index (Phi) is 6.62. The van der Waals surface area contributed by atoms with Crippen LogP contribution in [0.25, 0.3) is 0 Å². The third-order valence-corrected chi connectivity index (χ3v) is 1.91. The molecule has 0 rings (SSSR count). The molecule has 0 aromatic carbocycles. The summed E-state index contributed by atoms with van der Waals surface area (Å²) >= 11 is 0. The summed E-state index contributed by atoms with van der Waals surface area (Å²) in [6.07, 6.45) is 4.19. The smallest absolute Gasteiger partial charge is 0.253 e. The van der Waals surface area contributed by atoms with Crippen LogP contribution < -0.4 is 11.1 Å². The third-order valence-electron chi connectivity index (χ3n) is 1.91. The first-order chi connectivity index (χ1) is 7.02. The van der Waals surface area contributed by atoms with Gasteiger partial charge in [-0.3, -0.25) is 14.9 Å². The standard InChI is InChI=1S/C11H20N2O2/c1-4-6-9(7-5-2)11(15)13-10(14)8(3)12/h6,8H,4-5,7,12H2,1-3H3,(H,13,14,15)/t8-/m0/s1. The van der Waals surface area contributed by atoms with Crippen molar-refractivity contribution < 1.29 is 9.59 Å². The fourth-order valence-electron chi connectivity index (χ4n) is 1.13. The summed E-state index contributed by atoms with van der Waals surface area (Å²) in [5.74, 6) is -0.751. The van der Waals surface area contributed by atoms with E-state index in [1.165, 1.54) is 0 Å². The lowest BCUT2D eigenvalue weighted by Crippen LogP contribution is -2.42. The highest BCUT2D eigenvalue weighted by Gasteiger charge is 2.14. The van der Waals surface area contributed by atoms with Crippen LogP contribution in [0.5, 0.6) is 0 Å². The molecule has 0 spiro atoms. The predicted molar refractivity (Wildman–Crippen MR) is 60.1 cm³/mol. The van der Waals surface area contributed by atoms with Gasteiger partial charge in [0.25, 0.3) is 5.91 Å². The fourth-order valence-corrected chi connectivity index (χ4v) is 1.13. The first-order valence-electron chi connectivity index (χ1n) is 5.32. The molecule has 0 fully saturated rings. The van der Waals surface area contributed by atoms with E-state index in [9.17, 15) is 9.59 Å². The summed E-state index contributed by atoms with van der Waals surface area (Å²) in [5, 5.41) is 2.28. The number of carbonyl (C=O) groups is 2. The van der Waals surface area contributed by atoms with Gasteiger partial charge < -0.3 is 5.73 Å². The Bertz CT molecular complexity index is 257. The Balaban J connectivity index is 4.39. The van der Waals surface area contributed by atoms with Gasteiger partial charge in [0.2, 0.25) is 5.91 Å². The van der Waals surface area contributed by atoms with Crippen molar-refractivity contribution in [2.45, 2.75) is 46.1 Å². The van der Waals surface area contributed by atoms with E-state index in [2.05, 4.69) is 5.32 Å². The SMILES string of the molecule is CCC=C(CCC)C(=O)NC(=O)[C@H](C)N. The van der Waals surface area contributed by atoms with Crippen molar-refractivity contribution >= 4 is 11.8 Å². The number of hydrogen-bond donors (Lipinski definition) is 2. The van der Waals surface area contributed by atoms with Gasteiger partial charge in [0, 0.05) is 5.57 Å². The van der Waals surface area contributed by atoms with Gasteiger partial charge in [-0.1, -0.05) is 26.3 Å². The van der Waals surface area contributed by atoms with Crippen molar-refractivity contribution in [3.05, 3.63) is 11.6 Å². The van der Waals surface area contributed by atoms with Gasteiger partial charge in [-0.25, -0.2) is 0 Å². The summed E-state index contributed by atoms with van der Waals surface area (Å²) in [4.78, 5) is 22.8. The highest BCUT2D eigenvalue weighted by atomic mass is 16.2. The molecule has 86 valence electrons. The van der Waals surface area contributed by atoms with Crippen molar-refractivity contribution in [1.82, 2.24) is 5.32 Å². The molecule has 0 aromatic heterocycles. The summed E-state index contributed by atoms with van der Waals surface area (Å²) in [7, 11) is 0. The number of rotatable bonds is 5. The van der Waals surface area contributed by atoms with Gasteiger partial charge in [0.15, 0.2) is 0 Å². The van der Waals surface area contributed by atoms with Gasteiger partial charge in [0.1, 0.15) is 0 Å². The minimum atomic E-state index is -0.654. The molecule has 0 aliphatic carbocycles. The molecule has 0 aliphatic heterocycles. The average Bonchev–Trinajstić information content (AvgIpc) is 2.17. The maximum atomic E-state index is 11.6. The van der Waals surface area contributed by atoms with Crippen LogP contribution in [-0.2, 0) is 9.59 Å². The maximum Gasteiger partial charge on any atom is 0.253 e. The number of carbonyl (C=O) groups excluding carboxylic acids is 2. The number of imide groups is 1. The van der Waals surface area contributed by atoms with Crippen LogP contribution in [0.1, 0.15) is 40.0 Å². The van der Waals surface area contributed by atoms with E-state index in [1.54, 1.807) is 6.92 Å². The van der Waals surface area contributed by atoms with Gasteiger partial charge >= 0.3 is 0 Å². The molecule has 2 amide bonds. The number of nitrogens with one attached hydrogen (secondary N) is 1. The normalized spacial score (nSPS) is 13.5. The van der Waals surface area contributed by atoms with Crippen LogP contribution in [0, 0.1) is 0 Å². The van der Waals surface area contributed by atoms with E-state index >= 15 is 0 Å². The van der Waals surface area contributed by atoms with E-state index in [1.807, 2.05) is 19.9 Å². The topological polar surface area (TPSA) is 72.2 Å². The van der Waals surface area contributed by atoms with Crippen LogP contribution in [0.2, 0.25) is 0 Å². The molecule has 0 bridgehead atoms. The van der Waals surface area contributed by atoms with Crippen LogP contribution in [0.3, 0.4) is 0 Å². The van der Waals surface area contributed by atoms with Crippen molar-refractivity contribution in [2.75, 3.05) is 0 Å². The largest absolute Gasteiger partial charge is 0.320 e. The van der Waals surface area contributed by atoms with E-state index < -0.39 is 11.9 Å². The zero-order valence-electron chi connectivity index (χ0n) is 9.67. The number of amides is 2. The summed E-state index contributed by atoms with van der Waals surface area (Å²) < 4.78 is 0. The van der Waals surface area contributed by atoms with Gasteiger partial charge in [0.05, 0.1) is 6.04 Å². The van der Waals surface area contributed by atoms with Crippen molar-refractivity contribution in [3.8, 4) is 0 Å². The summed E-state index contributed by atoms with van der Waals surface area (Å²) in [5.41, 5.74) is 6.01. The first kappa shape index (κ1) is 13.8. The second-order valence-corrected chi connectivity index (χ2v) is 3.49. The summed E-state index contributed by atoms with van der Waals surface area (Å²) in [6, 6.07) is -0.654. The molecule has 0 saturated carbocycles. The van der Waals surface area contributed by atoms with Gasteiger partial charge in [-0.05, 0) is 19.8 Å². The Labute approximate surface area is 90.9 Å². The van der Waals surface area contributed by atoms with Crippen molar-refractivity contribution in [1.29, 1.82) is 0 Å². The molecular weight excluding hydrogens is 192 g/mol. The molecule has 4 heteroatoms. The lowest BCUT2D eigenvalue weighted by molar-refractivity contribution is -0.129. The number of allylic oxidation sites excluding steroid dienone is 1. The number of nitrogens with two attached hydrogens (primary N) is 1. The van der Waals surface area contributed by atoms with Crippen molar-refractivity contribution in [3.63, 3.8) is 0 Å². The molecule has 0 aliphatic rings. The zero-order valence-corrected chi connectivity index (χ0v) is 9.67. The zero-order chi connectivity index (χ0) is 11.8. The molecule has 3 N–H and O–H groups in total. The summed E-state index contributed by atoms with van der Waals surface area (Å²) in [6.45, 7) is 5.49. The Morgan fingerprint density at radius 3 is 2.40 bits per heavy atom. The lowest BCUT2D eigenvalue weighted by Gasteiger charge is -2.08. The van der Waals surface area contributed by atoms with Crippen LogP contribution in [0.15, 0.2) is 11.6 Å². The molecule has 0 unspecified atom stereocenters. The van der Waals surface area contributed by atoms with Crippen LogP contribution >= 0.6 is 0 Å². The molecule has 0 heterocycles. The minimum Gasteiger partial charge on any atom is -0.320 e. The number of hydrogen-bond acceptors (Lipinski definition) is 3. The lowest BCUT2D eigenvalue weighted by atomic mass is 10.1. The Hall–Kier alpha value is -1.16. The second kappa shape index (κ2) is 7.17. The van der Waals surface area contributed by atoms with Gasteiger partial charge in [-0.15, -0.1) is 0 Å². The molecule has 1 atom stereocenters. The predicted octanol–water partition coefficient (Wildman–Crippen LogP) is 1.11. The Morgan fingerprint density at radius 1 is 1.40 bits per heavy atom. The molecule has 4 nitrogen and oxygen atoms in total. The Morgan fingerprint density at radius 2 is 2.00 bits per heavy atom. The second-order valence-electron chi connectivity index (χ2n) is 3.49. The molecule has 0 radical (unpaired) electrons. The van der Waals surface area contributed by atoms with E-state index in [0.717, 1.165) is 12.8 Å². The molecular formula is C11H20N2O2. The molecule has 0 aromatic rings. The monoisotopic (exact) mass is 212 g/mol. The highest BCUT2D eigenvalue weighted by Crippen LogP contribution is 2.06. The highest BCUT2D eigenvalue weighted by molar-refractivity contribution is 6.05. The fraction of sp³-hybridized carbons (Fsp3) is 0.636. The van der Waals surface area contributed by atoms with E-state index in [4.69, 9.17) is 5.73 Å². The van der Waals surface area contributed by atoms with Crippen molar-refractivity contribution in [2.24, 2.45) is 5.73 Å². The first-order valence-corrected chi connectivity index (χ1v) is 5.32.